The standard InChI is InChI=1S/C9H20N2O/c1-6-8(12)10-7-9(2,3)11(4)5/h6-7H2,1-5H3,(H,10,12). The van der Waals surface area contributed by atoms with Crippen LogP contribution in [0.1, 0.15) is 27.2 Å². The van der Waals surface area contributed by atoms with Gasteiger partial charge in [-0.2, -0.15) is 0 Å². The SMILES string of the molecule is CCC(=O)NCC(C)(C)N(C)C. The van der Waals surface area contributed by atoms with Crippen LogP contribution in [0.5, 0.6) is 0 Å². The maximum absolute atomic E-state index is 11.0. The maximum Gasteiger partial charge on any atom is 0.219 e. The summed E-state index contributed by atoms with van der Waals surface area (Å²) < 4.78 is 0. The van der Waals surface area contributed by atoms with Crippen LogP contribution >= 0.6 is 0 Å². The molecule has 12 heavy (non-hydrogen) atoms. The summed E-state index contributed by atoms with van der Waals surface area (Å²) in [5.41, 5.74) is 0.0326. The van der Waals surface area contributed by atoms with Gasteiger partial charge in [0.25, 0.3) is 0 Å². The fourth-order valence-corrected chi connectivity index (χ4v) is 0.598. The lowest BCUT2D eigenvalue weighted by Crippen LogP contribution is -2.48. The molecular weight excluding hydrogens is 152 g/mol. The molecule has 0 radical (unpaired) electrons. The van der Waals surface area contributed by atoms with Gasteiger partial charge in [0.15, 0.2) is 0 Å². The molecule has 0 fully saturated rings. The van der Waals surface area contributed by atoms with Crippen molar-refractivity contribution in [2.45, 2.75) is 32.7 Å². The van der Waals surface area contributed by atoms with Crippen LogP contribution in [0.25, 0.3) is 0 Å². The van der Waals surface area contributed by atoms with Gasteiger partial charge in [0.2, 0.25) is 5.91 Å². The molecule has 0 atom stereocenters. The molecule has 0 saturated heterocycles. The third-order valence-corrected chi connectivity index (χ3v) is 2.25. The quantitative estimate of drug-likeness (QED) is 0.682. The zero-order chi connectivity index (χ0) is 9.78. The largest absolute Gasteiger partial charge is 0.354 e. The van der Waals surface area contributed by atoms with Crippen molar-refractivity contribution in [2.75, 3.05) is 20.6 Å². The van der Waals surface area contributed by atoms with Gasteiger partial charge in [-0.05, 0) is 27.9 Å². The third-order valence-electron chi connectivity index (χ3n) is 2.25. The lowest BCUT2D eigenvalue weighted by atomic mass is 10.0. The number of amides is 1. The van der Waals surface area contributed by atoms with Crippen LogP contribution in [0.2, 0.25) is 0 Å². The smallest absolute Gasteiger partial charge is 0.219 e. The van der Waals surface area contributed by atoms with Crippen LogP contribution in [0.15, 0.2) is 0 Å². The summed E-state index contributed by atoms with van der Waals surface area (Å²) in [5.74, 6) is 0.116. The Hall–Kier alpha value is -0.570. The highest BCUT2D eigenvalue weighted by Crippen LogP contribution is 2.07. The fourth-order valence-electron chi connectivity index (χ4n) is 0.598. The van der Waals surface area contributed by atoms with E-state index in [-0.39, 0.29) is 11.4 Å². The molecule has 0 aliphatic carbocycles. The molecule has 0 aromatic heterocycles. The normalized spacial score (nSPS) is 11.8. The molecule has 0 spiro atoms. The van der Waals surface area contributed by atoms with Crippen LogP contribution in [-0.4, -0.2) is 37.0 Å². The van der Waals surface area contributed by atoms with Crippen molar-refractivity contribution >= 4 is 5.91 Å². The highest BCUT2D eigenvalue weighted by Gasteiger charge is 2.20. The van der Waals surface area contributed by atoms with E-state index in [2.05, 4.69) is 24.1 Å². The van der Waals surface area contributed by atoms with Crippen molar-refractivity contribution in [3.63, 3.8) is 0 Å². The predicted molar refractivity (Wildman–Crippen MR) is 51.1 cm³/mol. The van der Waals surface area contributed by atoms with Crippen molar-refractivity contribution < 1.29 is 4.79 Å². The monoisotopic (exact) mass is 172 g/mol. The molecule has 0 aliphatic rings. The number of nitrogens with zero attached hydrogens (tertiary/aromatic N) is 1. The Kier molecular flexibility index (Phi) is 4.24. The van der Waals surface area contributed by atoms with Gasteiger partial charge in [-0.15, -0.1) is 0 Å². The van der Waals surface area contributed by atoms with E-state index in [1.165, 1.54) is 0 Å². The van der Waals surface area contributed by atoms with Crippen LogP contribution in [0, 0.1) is 0 Å². The number of hydrogen-bond donors (Lipinski definition) is 1. The molecule has 0 aliphatic heterocycles. The average Bonchev–Trinajstić information content (AvgIpc) is 2.00. The molecule has 0 unspecified atom stereocenters. The van der Waals surface area contributed by atoms with Gasteiger partial charge in [-0.25, -0.2) is 0 Å². The first-order chi connectivity index (χ1) is 5.40. The van der Waals surface area contributed by atoms with Gasteiger partial charge in [0.05, 0.1) is 0 Å². The maximum atomic E-state index is 11.0. The van der Waals surface area contributed by atoms with Crippen molar-refractivity contribution in [3.05, 3.63) is 0 Å². The molecule has 0 aromatic carbocycles. The molecular formula is C9H20N2O. The molecule has 0 bridgehead atoms. The summed E-state index contributed by atoms with van der Waals surface area (Å²) in [4.78, 5) is 13.1. The summed E-state index contributed by atoms with van der Waals surface area (Å²) in [6.07, 6.45) is 0.559. The van der Waals surface area contributed by atoms with Gasteiger partial charge in [-0.1, -0.05) is 6.92 Å². The Bertz CT molecular complexity index is 153. The van der Waals surface area contributed by atoms with E-state index in [1.54, 1.807) is 0 Å². The topological polar surface area (TPSA) is 32.3 Å². The van der Waals surface area contributed by atoms with E-state index in [0.717, 1.165) is 0 Å². The average molecular weight is 172 g/mol. The van der Waals surface area contributed by atoms with E-state index < -0.39 is 0 Å². The molecule has 1 amide bonds. The summed E-state index contributed by atoms with van der Waals surface area (Å²) in [6.45, 7) is 6.76. The van der Waals surface area contributed by atoms with Crippen LogP contribution in [0.4, 0.5) is 0 Å². The van der Waals surface area contributed by atoms with E-state index in [0.29, 0.717) is 13.0 Å². The first-order valence-electron chi connectivity index (χ1n) is 4.34. The van der Waals surface area contributed by atoms with Gasteiger partial charge < -0.3 is 10.2 Å². The fraction of sp³-hybridized carbons (Fsp3) is 0.889. The van der Waals surface area contributed by atoms with Gasteiger partial charge >= 0.3 is 0 Å². The zero-order valence-corrected chi connectivity index (χ0v) is 8.77. The second-order valence-corrected chi connectivity index (χ2v) is 3.84. The molecule has 72 valence electrons. The van der Waals surface area contributed by atoms with Crippen molar-refractivity contribution in [2.24, 2.45) is 0 Å². The van der Waals surface area contributed by atoms with E-state index in [1.807, 2.05) is 21.0 Å². The highest BCUT2D eigenvalue weighted by molar-refractivity contribution is 5.75. The molecule has 0 saturated carbocycles. The molecule has 0 rings (SSSR count). The summed E-state index contributed by atoms with van der Waals surface area (Å²) in [6, 6.07) is 0. The highest BCUT2D eigenvalue weighted by atomic mass is 16.1. The zero-order valence-electron chi connectivity index (χ0n) is 8.77. The Morgan fingerprint density at radius 3 is 2.25 bits per heavy atom. The molecule has 1 N–H and O–H groups in total. The second kappa shape index (κ2) is 4.45. The summed E-state index contributed by atoms with van der Waals surface area (Å²) >= 11 is 0. The molecule has 0 heterocycles. The Morgan fingerprint density at radius 1 is 1.42 bits per heavy atom. The number of hydrogen-bond acceptors (Lipinski definition) is 2. The summed E-state index contributed by atoms with van der Waals surface area (Å²) in [5, 5.41) is 2.87. The van der Waals surface area contributed by atoms with Gasteiger partial charge in [-0.3, -0.25) is 4.79 Å². The lowest BCUT2D eigenvalue weighted by molar-refractivity contribution is -0.121. The van der Waals surface area contributed by atoms with Crippen LogP contribution in [0.3, 0.4) is 0 Å². The predicted octanol–water partition coefficient (Wildman–Crippen LogP) is 0.853. The number of carbonyl (C=O) groups excluding carboxylic acids is 1. The minimum Gasteiger partial charge on any atom is -0.354 e. The minimum absolute atomic E-state index is 0.0326. The Labute approximate surface area is 75.1 Å². The second-order valence-electron chi connectivity index (χ2n) is 3.84. The van der Waals surface area contributed by atoms with Gasteiger partial charge in [0, 0.05) is 18.5 Å². The number of nitrogens with one attached hydrogen (secondary N) is 1. The van der Waals surface area contributed by atoms with Crippen molar-refractivity contribution in [3.8, 4) is 0 Å². The first-order valence-corrected chi connectivity index (χ1v) is 4.34. The van der Waals surface area contributed by atoms with Crippen LogP contribution in [-0.2, 0) is 4.79 Å². The summed E-state index contributed by atoms with van der Waals surface area (Å²) in [7, 11) is 4.02. The minimum atomic E-state index is 0.0326. The Balaban J connectivity index is 3.83. The van der Waals surface area contributed by atoms with E-state index >= 15 is 0 Å². The van der Waals surface area contributed by atoms with Gasteiger partial charge in [0.1, 0.15) is 0 Å². The number of rotatable bonds is 4. The van der Waals surface area contributed by atoms with Crippen molar-refractivity contribution in [1.29, 1.82) is 0 Å². The number of likely N-dealkylation sites (N-methyl/N-ethyl adjacent to an activating group) is 1. The molecule has 3 nitrogen and oxygen atoms in total. The lowest BCUT2D eigenvalue weighted by Gasteiger charge is -2.32. The molecule has 3 heteroatoms. The van der Waals surface area contributed by atoms with Crippen molar-refractivity contribution in [1.82, 2.24) is 10.2 Å². The number of carbonyl (C=O) groups is 1. The Morgan fingerprint density at radius 2 is 1.92 bits per heavy atom. The van der Waals surface area contributed by atoms with E-state index in [4.69, 9.17) is 0 Å². The van der Waals surface area contributed by atoms with E-state index in [9.17, 15) is 4.79 Å². The molecule has 0 aromatic rings. The van der Waals surface area contributed by atoms with Crippen LogP contribution < -0.4 is 5.32 Å². The first kappa shape index (κ1) is 11.4. The third kappa shape index (κ3) is 3.72.